The van der Waals surface area contributed by atoms with E-state index in [1.54, 1.807) is 0 Å². The van der Waals surface area contributed by atoms with Crippen LogP contribution in [0, 0.1) is 5.92 Å². The Morgan fingerprint density at radius 2 is 2.00 bits per heavy atom. The molecule has 0 radical (unpaired) electrons. The lowest BCUT2D eigenvalue weighted by Crippen LogP contribution is -2.23. The van der Waals surface area contributed by atoms with E-state index in [1.807, 2.05) is 6.92 Å². The van der Waals surface area contributed by atoms with Crippen LogP contribution >= 0.6 is 0 Å². The minimum atomic E-state index is -0.468. The minimum Gasteiger partial charge on any atom is -0.247 e. The molecular weight excluding hydrogens is 79.1 g/mol. The van der Waals surface area contributed by atoms with Crippen LogP contribution in [0.1, 0.15) is 19.8 Å². The summed E-state index contributed by atoms with van der Waals surface area (Å²) in [7, 11) is 0. The van der Waals surface area contributed by atoms with Crippen LogP contribution in [0.4, 0.5) is 4.39 Å². The van der Waals surface area contributed by atoms with Crippen LogP contribution in [0.5, 0.6) is 0 Å². The van der Waals surface area contributed by atoms with E-state index in [4.69, 9.17) is 0 Å². The molecule has 1 rings (SSSR count). The Morgan fingerprint density at radius 1 is 1.50 bits per heavy atom. The highest BCUT2D eigenvalue weighted by molar-refractivity contribution is 4.75. The molecule has 1 fully saturated rings. The average Bonchev–Trinajstić information content (AvgIpc) is 1.61. The van der Waals surface area contributed by atoms with Crippen LogP contribution < -0.4 is 0 Å². The molecule has 1 heteroatoms. The van der Waals surface area contributed by atoms with Crippen LogP contribution in [0.25, 0.3) is 0 Å². The summed E-state index contributed by atoms with van der Waals surface area (Å²) in [5.41, 5.74) is 0. The summed E-state index contributed by atoms with van der Waals surface area (Å²) in [5.74, 6) is 0.366. The molecule has 36 valence electrons. The Bertz CT molecular complexity index is 43.9. The molecule has 1 aliphatic carbocycles. The van der Waals surface area contributed by atoms with E-state index < -0.39 is 6.17 Å². The molecule has 0 bridgehead atoms. The summed E-state index contributed by atoms with van der Waals surface area (Å²) in [6.45, 7) is 1.95. The Balaban J connectivity index is 2.20. The zero-order chi connectivity index (χ0) is 4.57. The van der Waals surface area contributed by atoms with E-state index in [0.717, 1.165) is 12.8 Å². The van der Waals surface area contributed by atoms with Crippen molar-refractivity contribution in [2.45, 2.75) is 25.9 Å². The molecule has 0 N–H and O–H groups in total. The molecule has 1 aliphatic rings. The molecule has 0 aromatic heterocycles. The van der Waals surface area contributed by atoms with Gasteiger partial charge in [0.05, 0.1) is 0 Å². The Hall–Kier alpha value is -0.0700. The summed E-state index contributed by atoms with van der Waals surface area (Å²) in [4.78, 5) is 0. The zero-order valence-corrected chi connectivity index (χ0v) is 3.95. The van der Waals surface area contributed by atoms with Gasteiger partial charge in [0.25, 0.3) is 0 Å². The smallest absolute Gasteiger partial charge is 0.103 e. The number of rotatable bonds is 0. The highest BCUT2D eigenvalue weighted by Crippen LogP contribution is 2.28. The summed E-state index contributed by atoms with van der Waals surface area (Å²) < 4.78 is 11.9. The fraction of sp³-hybridized carbons (Fsp3) is 1.00. The second kappa shape index (κ2) is 1.21. The van der Waals surface area contributed by atoms with Gasteiger partial charge in [0, 0.05) is 0 Å². The van der Waals surface area contributed by atoms with Gasteiger partial charge in [-0.15, -0.1) is 0 Å². The lowest BCUT2D eigenvalue weighted by atomic mass is 9.85. The van der Waals surface area contributed by atoms with Crippen LogP contribution in [0.3, 0.4) is 0 Å². The van der Waals surface area contributed by atoms with E-state index >= 15 is 0 Å². The Morgan fingerprint density at radius 3 is 2.00 bits per heavy atom. The van der Waals surface area contributed by atoms with E-state index in [9.17, 15) is 4.39 Å². The van der Waals surface area contributed by atoms with Gasteiger partial charge >= 0.3 is 0 Å². The van der Waals surface area contributed by atoms with Crippen molar-refractivity contribution in [1.29, 1.82) is 0 Å². The third-order valence-electron chi connectivity index (χ3n) is 1.52. The summed E-state index contributed by atoms with van der Waals surface area (Å²) >= 11 is 0. The van der Waals surface area contributed by atoms with Crippen LogP contribution in [0.15, 0.2) is 0 Å². The number of hydrogen-bond acceptors (Lipinski definition) is 0. The highest BCUT2D eigenvalue weighted by Gasteiger charge is 2.25. The lowest BCUT2D eigenvalue weighted by molar-refractivity contribution is 0.128. The fourth-order valence-electron chi connectivity index (χ4n) is 0.626. The maximum absolute atomic E-state index is 11.9. The molecule has 0 heterocycles. The molecule has 1 saturated carbocycles. The van der Waals surface area contributed by atoms with Gasteiger partial charge in [-0.1, -0.05) is 6.92 Å². The maximum atomic E-state index is 11.9. The topological polar surface area (TPSA) is 0 Å². The zero-order valence-electron chi connectivity index (χ0n) is 3.95. The van der Waals surface area contributed by atoms with Gasteiger partial charge < -0.3 is 0 Å². The van der Waals surface area contributed by atoms with Crippen molar-refractivity contribution in [3.63, 3.8) is 0 Å². The number of halogens is 1. The number of alkyl halides is 1. The molecular formula is C5H9F. The second-order valence-corrected chi connectivity index (χ2v) is 2.07. The van der Waals surface area contributed by atoms with Crippen molar-refractivity contribution in [2.24, 2.45) is 5.92 Å². The molecule has 0 nitrogen and oxygen atoms in total. The Labute approximate surface area is 37.4 Å². The predicted molar refractivity (Wildman–Crippen MR) is 23.3 cm³/mol. The van der Waals surface area contributed by atoms with Crippen molar-refractivity contribution in [3.8, 4) is 0 Å². The lowest BCUT2D eigenvalue weighted by Gasteiger charge is -2.25. The fourth-order valence-corrected chi connectivity index (χ4v) is 0.626. The van der Waals surface area contributed by atoms with Crippen LogP contribution in [0.2, 0.25) is 0 Å². The van der Waals surface area contributed by atoms with Gasteiger partial charge in [0.15, 0.2) is 0 Å². The normalized spacial score (nSPS) is 45.0. The predicted octanol–water partition coefficient (Wildman–Crippen LogP) is 1.75. The first kappa shape index (κ1) is 4.10. The summed E-state index contributed by atoms with van der Waals surface area (Å²) in [6.07, 6.45) is 1.44. The quantitative estimate of drug-likeness (QED) is 0.423. The van der Waals surface area contributed by atoms with Crippen molar-refractivity contribution in [1.82, 2.24) is 0 Å². The van der Waals surface area contributed by atoms with E-state index in [-0.39, 0.29) is 0 Å². The largest absolute Gasteiger partial charge is 0.247 e. The third-order valence-corrected chi connectivity index (χ3v) is 1.52. The second-order valence-electron chi connectivity index (χ2n) is 2.07. The maximum Gasteiger partial charge on any atom is 0.103 e. The summed E-state index contributed by atoms with van der Waals surface area (Å²) in [5, 5.41) is 0. The van der Waals surface area contributed by atoms with E-state index in [2.05, 4.69) is 0 Å². The van der Waals surface area contributed by atoms with Crippen molar-refractivity contribution in [2.75, 3.05) is 0 Å². The SMILES string of the molecule is C[C@@H]1CC[C@H]1F. The van der Waals surface area contributed by atoms with E-state index in [0.29, 0.717) is 5.92 Å². The monoisotopic (exact) mass is 88.1 g/mol. The van der Waals surface area contributed by atoms with Crippen molar-refractivity contribution < 1.29 is 4.39 Å². The third kappa shape index (κ3) is 0.423. The molecule has 0 saturated heterocycles. The van der Waals surface area contributed by atoms with Gasteiger partial charge in [-0.2, -0.15) is 0 Å². The van der Waals surface area contributed by atoms with Crippen LogP contribution in [-0.4, -0.2) is 6.17 Å². The van der Waals surface area contributed by atoms with E-state index in [1.165, 1.54) is 0 Å². The molecule has 0 amide bonds. The van der Waals surface area contributed by atoms with Crippen molar-refractivity contribution in [3.05, 3.63) is 0 Å². The minimum absolute atomic E-state index is 0.366. The van der Waals surface area contributed by atoms with Crippen molar-refractivity contribution >= 4 is 0 Å². The average molecular weight is 88.1 g/mol. The molecule has 0 aliphatic heterocycles. The summed E-state index contributed by atoms with van der Waals surface area (Å²) in [6, 6.07) is 0. The molecule has 2 atom stereocenters. The molecule has 0 unspecified atom stereocenters. The highest BCUT2D eigenvalue weighted by atomic mass is 19.1. The first-order valence-electron chi connectivity index (χ1n) is 2.45. The standard InChI is InChI=1S/C5H9F/c1-4-2-3-5(4)6/h4-5H,2-3H2,1H3/t4-,5-/m1/s1. The van der Waals surface area contributed by atoms with Gasteiger partial charge in [-0.25, -0.2) is 4.39 Å². The van der Waals surface area contributed by atoms with Gasteiger partial charge in [0.2, 0.25) is 0 Å². The van der Waals surface area contributed by atoms with Crippen LogP contribution in [-0.2, 0) is 0 Å². The Kier molecular flexibility index (Phi) is 0.827. The molecule has 0 aromatic carbocycles. The first-order chi connectivity index (χ1) is 2.80. The molecule has 0 spiro atoms. The number of hydrogen-bond donors (Lipinski definition) is 0. The molecule has 0 aromatic rings. The van der Waals surface area contributed by atoms with Gasteiger partial charge in [0.1, 0.15) is 6.17 Å². The first-order valence-corrected chi connectivity index (χ1v) is 2.45. The molecule has 6 heavy (non-hydrogen) atoms. The van der Waals surface area contributed by atoms with Gasteiger partial charge in [-0.05, 0) is 18.8 Å². The van der Waals surface area contributed by atoms with Gasteiger partial charge in [-0.3, -0.25) is 0 Å².